The first-order valence-corrected chi connectivity index (χ1v) is 15.2. The van der Waals surface area contributed by atoms with E-state index in [1.807, 2.05) is 6.07 Å². The molecule has 0 unspecified atom stereocenters. The summed E-state index contributed by atoms with van der Waals surface area (Å²) in [6.45, 7) is 1.76. The number of rotatable bonds is 12. The van der Waals surface area contributed by atoms with Gasteiger partial charge in [0.2, 0.25) is 9.84 Å². The number of aromatic nitrogens is 3. The van der Waals surface area contributed by atoms with Gasteiger partial charge in [0.05, 0.1) is 27.3 Å². The molecule has 0 bridgehead atoms. The van der Waals surface area contributed by atoms with Crippen molar-refractivity contribution >= 4 is 47.9 Å². The maximum atomic E-state index is 12.8. The van der Waals surface area contributed by atoms with E-state index in [9.17, 15) is 16.8 Å². The maximum Gasteiger partial charge on any atom is 0.206 e. The van der Waals surface area contributed by atoms with Gasteiger partial charge in [-0.05, 0) is 55.4 Å². The molecular weight excluding hydrogens is 512 g/mol. The van der Waals surface area contributed by atoms with Crippen LogP contribution in [0.25, 0.3) is 10.9 Å². The molecular formula is C25H28N6O4S2. The highest BCUT2D eigenvalue weighted by molar-refractivity contribution is 7.91. The Labute approximate surface area is 216 Å². The van der Waals surface area contributed by atoms with E-state index in [0.29, 0.717) is 42.5 Å². The second kappa shape index (κ2) is 11.6. The highest BCUT2D eigenvalue weighted by Crippen LogP contribution is 2.26. The summed E-state index contributed by atoms with van der Waals surface area (Å²) in [5.41, 5.74) is 1.34. The van der Waals surface area contributed by atoms with Gasteiger partial charge in [-0.25, -0.2) is 31.8 Å². The van der Waals surface area contributed by atoms with E-state index in [1.54, 1.807) is 60.8 Å². The predicted molar refractivity (Wildman–Crippen MR) is 145 cm³/mol. The summed E-state index contributed by atoms with van der Waals surface area (Å²) in [6.07, 6.45) is 5.11. The first-order valence-electron chi connectivity index (χ1n) is 11.6. The molecule has 3 N–H and O–H groups in total. The van der Waals surface area contributed by atoms with Gasteiger partial charge < -0.3 is 16.0 Å². The van der Waals surface area contributed by atoms with E-state index < -0.39 is 19.7 Å². The lowest BCUT2D eigenvalue weighted by Gasteiger charge is -2.11. The molecule has 12 heteroatoms. The fourth-order valence-electron chi connectivity index (χ4n) is 3.56. The Bertz CT molecular complexity index is 1560. The van der Waals surface area contributed by atoms with E-state index in [4.69, 9.17) is 0 Å². The van der Waals surface area contributed by atoms with E-state index in [-0.39, 0.29) is 15.5 Å². The Morgan fingerprint density at radius 3 is 2.27 bits per heavy atom. The third-order valence-electron chi connectivity index (χ3n) is 5.49. The van der Waals surface area contributed by atoms with Crippen molar-refractivity contribution in [2.75, 3.05) is 42.3 Å². The topological polar surface area (TPSA) is 143 Å². The molecule has 2 aromatic heterocycles. The zero-order valence-electron chi connectivity index (χ0n) is 20.3. The molecule has 0 saturated heterocycles. The van der Waals surface area contributed by atoms with E-state index >= 15 is 0 Å². The third-order valence-corrected chi connectivity index (χ3v) is 8.22. The number of anilines is 3. The van der Waals surface area contributed by atoms with Crippen LogP contribution in [-0.2, 0) is 19.7 Å². The third kappa shape index (κ3) is 7.21. The molecule has 37 heavy (non-hydrogen) atoms. The SMILES string of the molecule is CS(=O)(=O)CCNCCCNc1cc2c(Nc3ccc(S(=O)(=O)c4ccccc4)cc3)ncnc2cn1. The molecule has 0 spiro atoms. The summed E-state index contributed by atoms with van der Waals surface area (Å²) in [4.78, 5) is 13.5. The average Bonchev–Trinajstić information content (AvgIpc) is 2.88. The molecule has 0 aliphatic carbocycles. The van der Waals surface area contributed by atoms with Crippen LogP contribution < -0.4 is 16.0 Å². The largest absolute Gasteiger partial charge is 0.370 e. The Morgan fingerprint density at radius 2 is 1.54 bits per heavy atom. The molecule has 0 aliphatic rings. The fraction of sp³-hybridized carbons (Fsp3) is 0.240. The number of nitrogens with zero attached hydrogens (tertiary/aromatic N) is 3. The Kier molecular flexibility index (Phi) is 8.31. The second-order valence-electron chi connectivity index (χ2n) is 8.44. The molecule has 0 atom stereocenters. The Balaban J connectivity index is 1.40. The lowest BCUT2D eigenvalue weighted by atomic mass is 10.2. The summed E-state index contributed by atoms with van der Waals surface area (Å²) in [7, 11) is -6.55. The van der Waals surface area contributed by atoms with Crippen molar-refractivity contribution < 1.29 is 16.8 Å². The van der Waals surface area contributed by atoms with Gasteiger partial charge in [-0.3, -0.25) is 0 Å². The molecule has 0 amide bonds. The number of nitrogens with one attached hydrogen (secondary N) is 3. The molecule has 0 radical (unpaired) electrons. The van der Waals surface area contributed by atoms with Crippen molar-refractivity contribution in [1.82, 2.24) is 20.3 Å². The quantitative estimate of drug-likeness (QED) is 0.229. The summed E-state index contributed by atoms with van der Waals surface area (Å²) in [6, 6.07) is 16.7. The molecule has 4 aromatic rings. The van der Waals surface area contributed by atoms with Crippen LogP contribution in [0.5, 0.6) is 0 Å². The first kappa shape index (κ1) is 26.5. The minimum absolute atomic E-state index is 0.119. The highest BCUT2D eigenvalue weighted by atomic mass is 32.2. The Hall–Kier alpha value is -3.61. The van der Waals surface area contributed by atoms with E-state index in [1.165, 1.54) is 12.6 Å². The van der Waals surface area contributed by atoms with E-state index in [0.717, 1.165) is 11.8 Å². The smallest absolute Gasteiger partial charge is 0.206 e. The van der Waals surface area contributed by atoms with Crippen LogP contribution in [0.2, 0.25) is 0 Å². The number of hydrogen-bond acceptors (Lipinski definition) is 10. The lowest BCUT2D eigenvalue weighted by molar-refractivity contribution is 0.594. The number of benzene rings is 2. The minimum Gasteiger partial charge on any atom is -0.370 e. The van der Waals surface area contributed by atoms with Gasteiger partial charge in [0.15, 0.2) is 0 Å². The van der Waals surface area contributed by atoms with Gasteiger partial charge in [-0.2, -0.15) is 0 Å². The molecule has 2 aromatic carbocycles. The maximum absolute atomic E-state index is 12.8. The van der Waals surface area contributed by atoms with Crippen LogP contribution in [0.15, 0.2) is 83.0 Å². The van der Waals surface area contributed by atoms with Gasteiger partial charge >= 0.3 is 0 Å². The minimum atomic E-state index is -3.59. The van der Waals surface area contributed by atoms with E-state index in [2.05, 4.69) is 30.9 Å². The van der Waals surface area contributed by atoms with Crippen molar-refractivity contribution in [3.05, 3.63) is 73.2 Å². The van der Waals surface area contributed by atoms with Crippen LogP contribution in [0.4, 0.5) is 17.3 Å². The second-order valence-corrected chi connectivity index (χ2v) is 12.6. The van der Waals surface area contributed by atoms with Gasteiger partial charge in [0.1, 0.15) is 27.8 Å². The van der Waals surface area contributed by atoms with Crippen LogP contribution in [0.3, 0.4) is 0 Å². The van der Waals surface area contributed by atoms with Gasteiger partial charge in [-0.15, -0.1) is 0 Å². The Morgan fingerprint density at radius 1 is 0.811 bits per heavy atom. The molecule has 194 valence electrons. The molecule has 2 heterocycles. The lowest BCUT2D eigenvalue weighted by Crippen LogP contribution is -2.24. The van der Waals surface area contributed by atoms with Crippen LogP contribution >= 0.6 is 0 Å². The molecule has 0 saturated carbocycles. The average molecular weight is 541 g/mol. The van der Waals surface area contributed by atoms with Crippen molar-refractivity contribution in [3.63, 3.8) is 0 Å². The zero-order chi connectivity index (χ0) is 26.3. The number of sulfone groups is 2. The summed E-state index contributed by atoms with van der Waals surface area (Å²) in [5.74, 6) is 1.34. The fourth-order valence-corrected chi connectivity index (χ4v) is 5.35. The molecule has 4 rings (SSSR count). The number of pyridine rings is 1. The highest BCUT2D eigenvalue weighted by Gasteiger charge is 2.17. The van der Waals surface area contributed by atoms with Crippen molar-refractivity contribution in [2.24, 2.45) is 0 Å². The van der Waals surface area contributed by atoms with Crippen molar-refractivity contribution in [2.45, 2.75) is 16.2 Å². The zero-order valence-corrected chi connectivity index (χ0v) is 21.9. The molecule has 0 aliphatic heterocycles. The van der Waals surface area contributed by atoms with Crippen molar-refractivity contribution in [1.29, 1.82) is 0 Å². The summed E-state index contributed by atoms with van der Waals surface area (Å²) >= 11 is 0. The van der Waals surface area contributed by atoms with Crippen LogP contribution in [-0.4, -0.2) is 63.4 Å². The van der Waals surface area contributed by atoms with Crippen LogP contribution in [0.1, 0.15) is 6.42 Å². The number of hydrogen-bond donors (Lipinski definition) is 3. The molecule has 10 nitrogen and oxygen atoms in total. The van der Waals surface area contributed by atoms with Gasteiger partial charge in [-0.1, -0.05) is 18.2 Å². The van der Waals surface area contributed by atoms with Crippen molar-refractivity contribution in [3.8, 4) is 0 Å². The van der Waals surface area contributed by atoms with Gasteiger partial charge in [0, 0.05) is 30.4 Å². The van der Waals surface area contributed by atoms with Gasteiger partial charge in [0.25, 0.3) is 0 Å². The summed E-state index contributed by atoms with van der Waals surface area (Å²) < 4.78 is 48.0. The monoisotopic (exact) mass is 540 g/mol. The number of fused-ring (bicyclic) bond motifs is 1. The normalized spacial score (nSPS) is 11.9. The standard InChI is InChI=1S/C25H28N6O4S2/c1-36(32,33)15-14-26-12-5-13-27-24-16-22-23(17-28-24)29-18-30-25(22)31-19-8-10-21(11-9-19)37(34,35)20-6-3-2-4-7-20/h2-4,6-11,16-18,26H,5,12-15H2,1H3,(H,27,28)(H,29,30,31). The van der Waals surface area contributed by atoms with Crippen LogP contribution in [0, 0.1) is 0 Å². The first-order chi connectivity index (χ1) is 17.7. The summed E-state index contributed by atoms with van der Waals surface area (Å²) in [5, 5.41) is 10.4. The predicted octanol–water partition coefficient (Wildman–Crippen LogP) is 3.04. The molecule has 0 fully saturated rings.